The van der Waals surface area contributed by atoms with Gasteiger partial charge in [0, 0.05) is 13.1 Å². The van der Waals surface area contributed by atoms with Crippen molar-refractivity contribution in [3.8, 4) is 0 Å². The van der Waals surface area contributed by atoms with E-state index in [9.17, 15) is 13.2 Å². The molecule has 0 bridgehead atoms. The molecule has 1 N–H and O–H groups in total. The molecular weight excluding hydrogens is 350 g/mol. The minimum Gasteiger partial charge on any atom is -0.292 e. The third-order valence-electron chi connectivity index (χ3n) is 4.57. The zero-order chi connectivity index (χ0) is 19.1. The predicted molar refractivity (Wildman–Crippen MR) is 104 cm³/mol. The van der Waals surface area contributed by atoms with Gasteiger partial charge in [-0.25, -0.2) is 13.2 Å². The van der Waals surface area contributed by atoms with Crippen LogP contribution in [0, 0.1) is 13.8 Å². The van der Waals surface area contributed by atoms with E-state index < -0.39 is 10.0 Å². The number of nitrogens with zero attached hydrogens (tertiary/aromatic N) is 2. The van der Waals surface area contributed by atoms with Crippen molar-refractivity contribution in [3.63, 3.8) is 0 Å². The molecule has 0 fully saturated rings. The summed E-state index contributed by atoms with van der Waals surface area (Å²) in [5, 5.41) is 0. The Kier molecular flexibility index (Phi) is 4.66. The Morgan fingerprint density at radius 3 is 2.00 bits per heavy atom. The lowest BCUT2D eigenvalue weighted by Gasteiger charge is -2.12. The second-order valence-corrected chi connectivity index (χ2v) is 8.03. The Balaban J connectivity index is 2.12. The van der Waals surface area contributed by atoms with Crippen molar-refractivity contribution in [2.75, 3.05) is 4.72 Å². The minimum absolute atomic E-state index is 0.0806. The fourth-order valence-electron chi connectivity index (χ4n) is 3.11. The minimum atomic E-state index is -3.69. The first-order valence-electron chi connectivity index (χ1n) is 8.61. The third-order valence-corrected chi connectivity index (χ3v) is 5.95. The molecule has 138 valence electrons. The van der Waals surface area contributed by atoms with Gasteiger partial charge in [-0.2, -0.15) is 0 Å². The maximum absolute atomic E-state index is 12.7. The summed E-state index contributed by atoms with van der Waals surface area (Å²) in [4.78, 5) is 12.7. The van der Waals surface area contributed by atoms with Crippen LogP contribution in [0.4, 0.5) is 5.69 Å². The van der Waals surface area contributed by atoms with Crippen LogP contribution in [0.15, 0.2) is 46.1 Å². The second kappa shape index (κ2) is 6.64. The van der Waals surface area contributed by atoms with Crippen molar-refractivity contribution in [2.45, 2.75) is 45.7 Å². The molecule has 26 heavy (non-hydrogen) atoms. The number of imidazole rings is 1. The van der Waals surface area contributed by atoms with E-state index >= 15 is 0 Å². The number of aromatic nitrogens is 2. The molecule has 1 heterocycles. The van der Waals surface area contributed by atoms with Crippen LogP contribution in [0.5, 0.6) is 0 Å². The summed E-state index contributed by atoms with van der Waals surface area (Å²) in [6.45, 7) is 8.65. The van der Waals surface area contributed by atoms with Gasteiger partial charge in [-0.05, 0) is 57.5 Å². The summed E-state index contributed by atoms with van der Waals surface area (Å²) in [5.74, 6) is 0. The predicted octanol–water partition coefficient (Wildman–Crippen LogP) is 3.26. The lowest BCUT2D eigenvalue weighted by atomic mass is 10.2. The highest BCUT2D eigenvalue weighted by Crippen LogP contribution is 2.26. The number of benzene rings is 2. The lowest BCUT2D eigenvalue weighted by molar-refractivity contribution is 0.601. The van der Waals surface area contributed by atoms with Gasteiger partial charge in [-0.1, -0.05) is 17.7 Å². The van der Waals surface area contributed by atoms with Crippen molar-refractivity contribution in [1.29, 1.82) is 0 Å². The number of aryl methyl sites for hydroxylation is 4. The molecule has 0 atom stereocenters. The van der Waals surface area contributed by atoms with Gasteiger partial charge in [0.05, 0.1) is 21.6 Å². The van der Waals surface area contributed by atoms with Gasteiger partial charge in [-0.15, -0.1) is 0 Å². The average molecular weight is 373 g/mol. The SMILES string of the molecule is CCn1c(=O)n(CC)c2cc(NS(=O)(=O)c3ccc(C)cc3)c(C)cc21. The third kappa shape index (κ3) is 3.03. The van der Waals surface area contributed by atoms with Gasteiger partial charge in [0.2, 0.25) is 0 Å². The summed E-state index contributed by atoms with van der Waals surface area (Å²) in [7, 11) is -3.69. The molecule has 6 nitrogen and oxygen atoms in total. The summed E-state index contributed by atoms with van der Waals surface area (Å²) in [6, 6.07) is 10.3. The fraction of sp³-hybridized carbons (Fsp3) is 0.316. The first kappa shape index (κ1) is 18.3. The zero-order valence-corrected chi connectivity index (χ0v) is 16.2. The molecule has 0 aliphatic heterocycles. The highest BCUT2D eigenvalue weighted by molar-refractivity contribution is 7.92. The number of hydrogen-bond donors (Lipinski definition) is 1. The van der Waals surface area contributed by atoms with Crippen molar-refractivity contribution >= 4 is 26.7 Å². The molecule has 7 heteroatoms. The van der Waals surface area contributed by atoms with Crippen LogP contribution in [0.3, 0.4) is 0 Å². The molecular formula is C19H23N3O3S. The first-order valence-corrected chi connectivity index (χ1v) is 10.1. The Bertz CT molecular complexity index is 1120. The van der Waals surface area contributed by atoms with E-state index in [4.69, 9.17) is 0 Å². The van der Waals surface area contributed by atoms with Crippen LogP contribution in [-0.4, -0.2) is 17.6 Å². The molecule has 0 radical (unpaired) electrons. The fourth-order valence-corrected chi connectivity index (χ4v) is 4.23. The number of anilines is 1. The molecule has 0 saturated heterocycles. The standard InChI is InChI=1S/C19H23N3O3S/c1-5-21-17-11-14(4)16(12-18(17)22(6-2)19(21)23)20-26(24,25)15-9-7-13(3)8-10-15/h7-12,20H,5-6H2,1-4H3. The zero-order valence-electron chi connectivity index (χ0n) is 15.4. The summed E-state index contributed by atoms with van der Waals surface area (Å²) in [6.07, 6.45) is 0. The molecule has 0 aliphatic rings. The van der Waals surface area contributed by atoms with Crippen LogP contribution < -0.4 is 10.4 Å². The Morgan fingerprint density at radius 1 is 0.923 bits per heavy atom. The average Bonchev–Trinajstić information content (AvgIpc) is 2.85. The largest absolute Gasteiger partial charge is 0.329 e. The first-order chi connectivity index (χ1) is 12.3. The number of fused-ring (bicyclic) bond motifs is 1. The van der Waals surface area contributed by atoms with E-state index in [0.29, 0.717) is 18.8 Å². The quantitative estimate of drug-likeness (QED) is 0.746. The van der Waals surface area contributed by atoms with E-state index in [1.807, 2.05) is 33.8 Å². The number of sulfonamides is 1. The van der Waals surface area contributed by atoms with Crippen molar-refractivity contribution in [3.05, 3.63) is 58.0 Å². The summed E-state index contributed by atoms with van der Waals surface area (Å²) in [5.41, 5.74) is 3.70. The molecule has 3 rings (SSSR count). The molecule has 0 unspecified atom stereocenters. The molecule has 3 aromatic rings. The van der Waals surface area contributed by atoms with Crippen LogP contribution in [0.2, 0.25) is 0 Å². The second-order valence-electron chi connectivity index (χ2n) is 6.35. The Hall–Kier alpha value is -2.54. The molecule has 0 amide bonds. The number of hydrogen-bond acceptors (Lipinski definition) is 3. The van der Waals surface area contributed by atoms with Crippen LogP contribution in [0.25, 0.3) is 11.0 Å². The molecule has 0 spiro atoms. The number of nitrogens with one attached hydrogen (secondary N) is 1. The lowest BCUT2D eigenvalue weighted by Crippen LogP contribution is -2.23. The van der Waals surface area contributed by atoms with Gasteiger partial charge in [0.15, 0.2) is 0 Å². The van der Waals surface area contributed by atoms with Crippen molar-refractivity contribution < 1.29 is 8.42 Å². The molecule has 2 aromatic carbocycles. The van der Waals surface area contributed by atoms with E-state index in [-0.39, 0.29) is 10.6 Å². The molecule has 1 aromatic heterocycles. The Labute approximate surface area is 153 Å². The van der Waals surface area contributed by atoms with Gasteiger partial charge in [0.25, 0.3) is 10.0 Å². The maximum atomic E-state index is 12.7. The topological polar surface area (TPSA) is 73.1 Å². The highest BCUT2D eigenvalue weighted by Gasteiger charge is 2.18. The van der Waals surface area contributed by atoms with Crippen molar-refractivity contribution in [1.82, 2.24) is 9.13 Å². The van der Waals surface area contributed by atoms with E-state index in [1.165, 1.54) is 0 Å². The van der Waals surface area contributed by atoms with E-state index in [0.717, 1.165) is 22.2 Å². The molecule has 0 saturated carbocycles. The number of rotatable bonds is 5. The van der Waals surface area contributed by atoms with Crippen LogP contribution in [0.1, 0.15) is 25.0 Å². The van der Waals surface area contributed by atoms with E-state index in [2.05, 4.69) is 4.72 Å². The van der Waals surface area contributed by atoms with Gasteiger partial charge < -0.3 is 0 Å². The van der Waals surface area contributed by atoms with Gasteiger partial charge >= 0.3 is 5.69 Å². The normalized spacial score (nSPS) is 11.8. The highest BCUT2D eigenvalue weighted by atomic mass is 32.2. The van der Waals surface area contributed by atoms with Crippen LogP contribution in [-0.2, 0) is 23.1 Å². The van der Waals surface area contributed by atoms with E-state index in [1.54, 1.807) is 39.5 Å². The van der Waals surface area contributed by atoms with Gasteiger partial charge in [-0.3, -0.25) is 13.9 Å². The maximum Gasteiger partial charge on any atom is 0.329 e. The monoisotopic (exact) mass is 373 g/mol. The smallest absolute Gasteiger partial charge is 0.292 e. The summed E-state index contributed by atoms with van der Waals surface area (Å²) < 4.78 is 31.4. The molecule has 0 aliphatic carbocycles. The van der Waals surface area contributed by atoms with Crippen LogP contribution >= 0.6 is 0 Å². The van der Waals surface area contributed by atoms with Crippen molar-refractivity contribution in [2.24, 2.45) is 0 Å². The van der Waals surface area contributed by atoms with Gasteiger partial charge in [0.1, 0.15) is 0 Å². The summed E-state index contributed by atoms with van der Waals surface area (Å²) >= 11 is 0. The Morgan fingerprint density at radius 2 is 1.46 bits per heavy atom.